The zero-order chi connectivity index (χ0) is 18.8. The second-order valence-electron chi connectivity index (χ2n) is 7.67. The van der Waals surface area contributed by atoms with Crippen molar-refractivity contribution < 1.29 is 9.15 Å². The number of para-hydroxylation sites is 1. The molecule has 1 aliphatic heterocycles. The van der Waals surface area contributed by atoms with Crippen molar-refractivity contribution in [2.45, 2.75) is 25.9 Å². The van der Waals surface area contributed by atoms with Gasteiger partial charge in [-0.2, -0.15) is 0 Å². The van der Waals surface area contributed by atoms with Gasteiger partial charge < -0.3 is 9.15 Å². The number of pyridine rings is 1. The molecule has 0 radical (unpaired) electrons. The molecule has 0 amide bonds. The monoisotopic (exact) mass is 365 g/mol. The van der Waals surface area contributed by atoms with E-state index < -0.39 is 0 Å². The number of nitrogens with zero attached hydrogens (tertiary/aromatic N) is 1. The van der Waals surface area contributed by atoms with Crippen LogP contribution in [0, 0.1) is 13.8 Å². The van der Waals surface area contributed by atoms with Crippen LogP contribution in [0.15, 0.2) is 71.3 Å². The predicted octanol–water partition coefficient (Wildman–Crippen LogP) is 6.24. The molecule has 0 saturated heterocycles. The number of aromatic nitrogens is 1. The molecule has 28 heavy (non-hydrogen) atoms. The molecule has 2 aromatic heterocycles. The fourth-order valence-electron chi connectivity index (χ4n) is 4.36. The Kier molecular flexibility index (Phi) is 3.13. The molecule has 6 rings (SSSR count). The van der Waals surface area contributed by atoms with E-state index in [2.05, 4.69) is 73.5 Å². The topological polar surface area (TPSA) is 35.3 Å². The van der Waals surface area contributed by atoms with Crippen molar-refractivity contribution in [2.24, 2.45) is 0 Å². The number of ether oxygens (including phenoxy) is 1. The highest BCUT2D eigenvalue weighted by Crippen LogP contribution is 2.48. The average molecular weight is 365 g/mol. The summed E-state index contributed by atoms with van der Waals surface area (Å²) in [6.07, 6.45) is 10.4. The van der Waals surface area contributed by atoms with Crippen molar-refractivity contribution in [3.8, 4) is 17.0 Å². The molecule has 0 saturated carbocycles. The number of hydrogen-bond acceptors (Lipinski definition) is 3. The van der Waals surface area contributed by atoms with E-state index in [1.54, 1.807) is 0 Å². The van der Waals surface area contributed by atoms with Crippen LogP contribution in [0.4, 0.5) is 0 Å². The molecule has 2 aliphatic rings. The van der Waals surface area contributed by atoms with Gasteiger partial charge >= 0.3 is 0 Å². The highest BCUT2D eigenvalue weighted by atomic mass is 16.5. The Labute approximate surface area is 163 Å². The Hall–Kier alpha value is -3.33. The highest BCUT2D eigenvalue weighted by Gasteiger charge is 2.35. The smallest absolute Gasteiger partial charge is 0.144 e. The lowest BCUT2D eigenvalue weighted by molar-refractivity contribution is 0.269. The van der Waals surface area contributed by atoms with Gasteiger partial charge in [0.15, 0.2) is 0 Å². The average Bonchev–Trinajstić information content (AvgIpc) is 3.27. The first-order chi connectivity index (χ1) is 13.7. The predicted molar refractivity (Wildman–Crippen MR) is 112 cm³/mol. The summed E-state index contributed by atoms with van der Waals surface area (Å²) in [6.45, 7) is 4.20. The van der Waals surface area contributed by atoms with E-state index in [1.165, 1.54) is 11.1 Å². The zero-order valence-electron chi connectivity index (χ0n) is 15.8. The molecule has 0 spiro atoms. The number of allylic oxidation sites excluding steroid dienone is 2. The largest absolute Gasteiger partial charge is 0.485 e. The molecule has 136 valence electrons. The molecular weight excluding hydrogens is 346 g/mol. The number of benzene rings is 2. The third kappa shape index (κ3) is 2.07. The summed E-state index contributed by atoms with van der Waals surface area (Å²) >= 11 is 0. The maximum absolute atomic E-state index is 6.52. The summed E-state index contributed by atoms with van der Waals surface area (Å²) in [5.74, 6) is 1.12. The quantitative estimate of drug-likeness (QED) is 0.401. The van der Waals surface area contributed by atoms with Gasteiger partial charge in [0.2, 0.25) is 0 Å². The Morgan fingerprint density at radius 1 is 0.893 bits per heavy atom. The zero-order valence-corrected chi connectivity index (χ0v) is 15.8. The van der Waals surface area contributed by atoms with E-state index in [4.69, 9.17) is 9.15 Å². The Morgan fingerprint density at radius 3 is 2.64 bits per heavy atom. The Bertz CT molecular complexity index is 1330. The summed E-state index contributed by atoms with van der Waals surface area (Å²) < 4.78 is 12.7. The van der Waals surface area contributed by atoms with E-state index in [-0.39, 0.29) is 12.0 Å². The standard InChI is InChI=1S/C25H19NO2/c1-14-12-20(26-13-15(14)2)18-8-5-7-16-17-10-11-22-23(25(17)28-24(16)18)19-6-3-4-9-21(19)27-22/h3-13,19,21H,1-2H3. The minimum atomic E-state index is 0.0553. The SMILES string of the molecule is Cc1cnc(-c2cccc3c2oc2c4c(ccc23)OC2C=CC=CC42)cc1C. The lowest BCUT2D eigenvalue weighted by Crippen LogP contribution is -2.15. The van der Waals surface area contributed by atoms with Crippen LogP contribution in [-0.2, 0) is 0 Å². The third-order valence-electron chi connectivity index (χ3n) is 5.99. The second-order valence-corrected chi connectivity index (χ2v) is 7.67. The maximum Gasteiger partial charge on any atom is 0.144 e. The van der Waals surface area contributed by atoms with Crippen molar-refractivity contribution in [3.05, 3.63) is 83.6 Å². The van der Waals surface area contributed by atoms with Crippen LogP contribution in [0.25, 0.3) is 33.2 Å². The lowest BCUT2D eigenvalue weighted by Gasteiger charge is -2.13. The fraction of sp³-hybridized carbons (Fsp3) is 0.160. The number of furan rings is 1. The molecule has 3 heterocycles. The summed E-state index contributed by atoms with van der Waals surface area (Å²) in [5.41, 5.74) is 7.36. The minimum Gasteiger partial charge on any atom is -0.485 e. The number of fused-ring (bicyclic) bond motifs is 7. The van der Waals surface area contributed by atoms with Crippen LogP contribution >= 0.6 is 0 Å². The van der Waals surface area contributed by atoms with Crippen molar-refractivity contribution in [2.75, 3.05) is 0 Å². The number of hydrogen-bond donors (Lipinski definition) is 0. The van der Waals surface area contributed by atoms with Crippen molar-refractivity contribution >= 4 is 21.9 Å². The molecule has 2 aromatic carbocycles. The first-order valence-corrected chi connectivity index (χ1v) is 9.64. The van der Waals surface area contributed by atoms with Gasteiger partial charge in [0.1, 0.15) is 23.0 Å². The van der Waals surface area contributed by atoms with E-state index in [0.29, 0.717) is 0 Å². The van der Waals surface area contributed by atoms with Gasteiger partial charge in [0.05, 0.1) is 11.6 Å². The molecule has 0 fully saturated rings. The molecular formula is C25H19NO2. The Balaban J connectivity index is 1.64. The van der Waals surface area contributed by atoms with Gasteiger partial charge in [-0.05, 0) is 55.3 Å². The van der Waals surface area contributed by atoms with Crippen LogP contribution in [0.3, 0.4) is 0 Å². The van der Waals surface area contributed by atoms with Gasteiger partial charge in [0, 0.05) is 28.1 Å². The van der Waals surface area contributed by atoms with E-state index >= 15 is 0 Å². The molecule has 1 aliphatic carbocycles. The van der Waals surface area contributed by atoms with Crippen LogP contribution < -0.4 is 4.74 Å². The first kappa shape index (κ1) is 15.7. The van der Waals surface area contributed by atoms with E-state index in [0.717, 1.165) is 44.5 Å². The molecule has 2 unspecified atom stereocenters. The van der Waals surface area contributed by atoms with E-state index in [9.17, 15) is 0 Å². The second kappa shape index (κ2) is 5.59. The van der Waals surface area contributed by atoms with Crippen molar-refractivity contribution in [1.29, 1.82) is 0 Å². The summed E-state index contributed by atoms with van der Waals surface area (Å²) in [6, 6.07) is 12.6. The van der Waals surface area contributed by atoms with Crippen molar-refractivity contribution in [3.63, 3.8) is 0 Å². The summed E-state index contributed by atoms with van der Waals surface area (Å²) in [7, 11) is 0. The van der Waals surface area contributed by atoms with Gasteiger partial charge in [-0.1, -0.05) is 30.4 Å². The van der Waals surface area contributed by atoms with Crippen LogP contribution in [0.1, 0.15) is 22.6 Å². The number of rotatable bonds is 1. The third-order valence-corrected chi connectivity index (χ3v) is 5.99. The molecule has 2 atom stereocenters. The molecule has 4 aromatic rings. The molecule has 3 heteroatoms. The lowest BCUT2D eigenvalue weighted by atomic mass is 9.91. The molecule has 0 bridgehead atoms. The fourth-order valence-corrected chi connectivity index (χ4v) is 4.36. The highest BCUT2D eigenvalue weighted by molar-refractivity contribution is 6.10. The molecule has 3 nitrogen and oxygen atoms in total. The van der Waals surface area contributed by atoms with E-state index in [1.807, 2.05) is 12.3 Å². The normalized spacial score (nSPS) is 19.8. The van der Waals surface area contributed by atoms with Gasteiger partial charge in [-0.15, -0.1) is 0 Å². The summed E-state index contributed by atoms with van der Waals surface area (Å²) in [4.78, 5) is 4.66. The van der Waals surface area contributed by atoms with Crippen LogP contribution in [0.5, 0.6) is 5.75 Å². The maximum atomic E-state index is 6.52. The van der Waals surface area contributed by atoms with Gasteiger partial charge in [0.25, 0.3) is 0 Å². The van der Waals surface area contributed by atoms with Gasteiger partial charge in [-0.3, -0.25) is 4.98 Å². The van der Waals surface area contributed by atoms with Crippen molar-refractivity contribution in [1.82, 2.24) is 4.98 Å². The first-order valence-electron chi connectivity index (χ1n) is 9.64. The molecule has 0 N–H and O–H groups in total. The van der Waals surface area contributed by atoms with Crippen LogP contribution in [0.2, 0.25) is 0 Å². The summed E-state index contributed by atoms with van der Waals surface area (Å²) in [5, 5.41) is 2.25. The van der Waals surface area contributed by atoms with Gasteiger partial charge in [-0.25, -0.2) is 0 Å². The van der Waals surface area contributed by atoms with Crippen LogP contribution in [-0.4, -0.2) is 11.1 Å². The Morgan fingerprint density at radius 2 is 1.75 bits per heavy atom. The minimum absolute atomic E-state index is 0.0553. The number of aryl methyl sites for hydroxylation is 2.